The minimum Gasteiger partial charge on any atom is -0.466 e. The van der Waals surface area contributed by atoms with Crippen molar-refractivity contribution in [1.82, 2.24) is 0 Å². The molecule has 0 saturated carbocycles. The molecular weight excluding hydrogens is 400 g/mol. The van der Waals surface area contributed by atoms with Gasteiger partial charge in [0.1, 0.15) is 0 Å². The molecule has 0 saturated heterocycles. The third kappa shape index (κ3) is 16.8. The first-order valence-corrected chi connectivity index (χ1v) is 13.1. The summed E-state index contributed by atoms with van der Waals surface area (Å²) in [5.41, 5.74) is 0.540. The second-order valence-electron chi connectivity index (χ2n) is 8.78. The number of ether oxygens (including phenoxy) is 2. The zero-order valence-corrected chi connectivity index (χ0v) is 20.5. The molecule has 0 fully saturated rings. The molecule has 1 aromatic carbocycles. The molecule has 1 aromatic rings. The van der Waals surface area contributed by atoms with Crippen molar-refractivity contribution in [2.45, 2.75) is 116 Å². The van der Waals surface area contributed by atoms with E-state index in [2.05, 4.69) is 6.92 Å². The molecule has 0 amide bonds. The molecule has 182 valence electrons. The van der Waals surface area contributed by atoms with E-state index in [0.29, 0.717) is 25.0 Å². The molecule has 4 heteroatoms. The molecule has 0 aliphatic heterocycles. The molecule has 1 rings (SSSR count). The second kappa shape index (κ2) is 21.0. The summed E-state index contributed by atoms with van der Waals surface area (Å²) >= 11 is 0. The Morgan fingerprint density at radius 1 is 0.594 bits per heavy atom. The van der Waals surface area contributed by atoms with Crippen LogP contribution in [-0.4, -0.2) is 25.2 Å². The number of carbonyl (C=O) groups excluding carboxylic acids is 2. The zero-order chi connectivity index (χ0) is 23.1. The maximum atomic E-state index is 11.8. The van der Waals surface area contributed by atoms with Gasteiger partial charge in [0.25, 0.3) is 0 Å². The molecule has 0 bridgehead atoms. The fraction of sp³-hybridized carbons (Fsp3) is 0.714. The molecule has 32 heavy (non-hydrogen) atoms. The molecule has 0 unspecified atom stereocenters. The molecule has 0 N–H and O–H groups in total. The zero-order valence-electron chi connectivity index (χ0n) is 20.5. The summed E-state index contributed by atoms with van der Waals surface area (Å²) in [5.74, 6) is -0.483. The van der Waals surface area contributed by atoms with Crippen molar-refractivity contribution in [1.29, 1.82) is 0 Å². The molecule has 0 aliphatic rings. The van der Waals surface area contributed by atoms with Gasteiger partial charge in [0, 0.05) is 12.8 Å². The summed E-state index contributed by atoms with van der Waals surface area (Å²) < 4.78 is 10.4. The Balaban J connectivity index is 1.79. The van der Waals surface area contributed by atoms with Crippen LogP contribution in [0.4, 0.5) is 0 Å². The molecule has 0 aliphatic carbocycles. The van der Waals surface area contributed by atoms with Crippen LogP contribution in [0.5, 0.6) is 0 Å². The van der Waals surface area contributed by atoms with Crippen molar-refractivity contribution in [3.05, 3.63) is 35.9 Å². The van der Waals surface area contributed by atoms with Crippen LogP contribution in [0.15, 0.2) is 30.3 Å². The van der Waals surface area contributed by atoms with E-state index in [1.165, 1.54) is 83.5 Å². The lowest BCUT2D eigenvalue weighted by Gasteiger charge is -2.06. The largest absolute Gasteiger partial charge is 0.466 e. The highest BCUT2D eigenvalue weighted by molar-refractivity contribution is 5.89. The summed E-state index contributed by atoms with van der Waals surface area (Å²) in [6.07, 6.45) is 20.8. The summed E-state index contributed by atoms with van der Waals surface area (Å²) in [4.78, 5) is 23.5. The van der Waals surface area contributed by atoms with Gasteiger partial charge < -0.3 is 9.47 Å². The Kier molecular flexibility index (Phi) is 18.5. The summed E-state index contributed by atoms with van der Waals surface area (Å²) in [7, 11) is 0. The fourth-order valence-electron chi connectivity index (χ4n) is 3.78. The first-order chi connectivity index (χ1) is 15.7. The number of hydrogen-bond acceptors (Lipinski definition) is 4. The number of carbonyl (C=O) groups is 2. The Bertz CT molecular complexity index is 570. The normalized spacial score (nSPS) is 10.8. The van der Waals surface area contributed by atoms with Gasteiger partial charge in [-0.1, -0.05) is 115 Å². The highest BCUT2D eigenvalue weighted by atomic mass is 16.5. The van der Waals surface area contributed by atoms with E-state index in [-0.39, 0.29) is 18.5 Å². The van der Waals surface area contributed by atoms with Crippen LogP contribution in [0.2, 0.25) is 0 Å². The van der Waals surface area contributed by atoms with Crippen molar-refractivity contribution in [3.63, 3.8) is 0 Å². The van der Waals surface area contributed by atoms with Gasteiger partial charge in [-0.05, 0) is 18.6 Å². The van der Waals surface area contributed by atoms with Crippen LogP contribution in [0.25, 0.3) is 0 Å². The summed E-state index contributed by atoms with van der Waals surface area (Å²) in [6, 6.07) is 8.90. The first kappa shape index (κ1) is 28.2. The molecular formula is C28H46O4. The van der Waals surface area contributed by atoms with Gasteiger partial charge in [-0.25, -0.2) is 4.79 Å². The third-order valence-corrected chi connectivity index (χ3v) is 5.78. The lowest BCUT2D eigenvalue weighted by molar-refractivity contribution is -0.144. The monoisotopic (exact) mass is 446 g/mol. The third-order valence-electron chi connectivity index (χ3n) is 5.78. The summed E-state index contributed by atoms with van der Waals surface area (Å²) in [5, 5.41) is 0. The number of benzene rings is 1. The Labute approximate surface area is 196 Å². The van der Waals surface area contributed by atoms with E-state index in [9.17, 15) is 9.59 Å². The SMILES string of the molecule is CCCCCCCCCCCCCCCCCC(=O)OCCCOC(=O)c1ccccc1. The van der Waals surface area contributed by atoms with Gasteiger partial charge in [0.2, 0.25) is 0 Å². The van der Waals surface area contributed by atoms with E-state index >= 15 is 0 Å². The molecule has 0 radical (unpaired) electrons. The van der Waals surface area contributed by atoms with Gasteiger partial charge in [-0.15, -0.1) is 0 Å². The topological polar surface area (TPSA) is 52.6 Å². The van der Waals surface area contributed by atoms with Gasteiger partial charge in [-0.2, -0.15) is 0 Å². The minimum absolute atomic E-state index is 0.144. The van der Waals surface area contributed by atoms with Crippen LogP contribution in [0, 0.1) is 0 Å². The van der Waals surface area contributed by atoms with Gasteiger partial charge in [0.15, 0.2) is 0 Å². The van der Waals surface area contributed by atoms with Crippen LogP contribution >= 0.6 is 0 Å². The van der Waals surface area contributed by atoms with Gasteiger partial charge in [-0.3, -0.25) is 4.79 Å². The predicted molar refractivity (Wildman–Crippen MR) is 132 cm³/mol. The van der Waals surface area contributed by atoms with E-state index in [0.717, 1.165) is 12.8 Å². The van der Waals surface area contributed by atoms with E-state index in [4.69, 9.17) is 9.47 Å². The van der Waals surface area contributed by atoms with Gasteiger partial charge >= 0.3 is 11.9 Å². The lowest BCUT2D eigenvalue weighted by atomic mass is 10.0. The molecule has 0 aromatic heterocycles. The predicted octanol–water partition coefficient (Wildman–Crippen LogP) is 8.04. The summed E-state index contributed by atoms with van der Waals surface area (Å²) in [6.45, 7) is 2.84. The number of rotatable bonds is 21. The standard InChI is InChI=1S/C28H46O4/c1-2-3-4-5-6-7-8-9-10-11-12-13-14-15-19-23-27(29)31-24-20-25-32-28(30)26-21-17-16-18-22-26/h16-18,21-22H,2-15,19-20,23-25H2,1H3. The van der Waals surface area contributed by atoms with Crippen molar-refractivity contribution >= 4 is 11.9 Å². The average molecular weight is 447 g/mol. The molecule has 0 heterocycles. The highest BCUT2D eigenvalue weighted by Gasteiger charge is 2.06. The van der Waals surface area contributed by atoms with Gasteiger partial charge in [0.05, 0.1) is 18.8 Å². The minimum atomic E-state index is -0.338. The van der Waals surface area contributed by atoms with Crippen LogP contribution in [-0.2, 0) is 14.3 Å². The van der Waals surface area contributed by atoms with E-state index in [1.807, 2.05) is 6.07 Å². The van der Waals surface area contributed by atoms with Crippen molar-refractivity contribution < 1.29 is 19.1 Å². The fourth-order valence-corrected chi connectivity index (χ4v) is 3.78. The lowest BCUT2D eigenvalue weighted by Crippen LogP contribution is -2.10. The van der Waals surface area contributed by atoms with Crippen LogP contribution < -0.4 is 0 Å². The Morgan fingerprint density at radius 3 is 1.59 bits per heavy atom. The Morgan fingerprint density at radius 2 is 1.06 bits per heavy atom. The second-order valence-corrected chi connectivity index (χ2v) is 8.78. The van der Waals surface area contributed by atoms with E-state index < -0.39 is 0 Å². The number of unbranched alkanes of at least 4 members (excludes halogenated alkanes) is 14. The molecule has 4 nitrogen and oxygen atoms in total. The smallest absolute Gasteiger partial charge is 0.338 e. The first-order valence-electron chi connectivity index (χ1n) is 13.1. The van der Waals surface area contributed by atoms with Crippen LogP contribution in [0.3, 0.4) is 0 Å². The maximum absolute atomic E-state index is 11.8. The van der Waals surface area contributed by atoms with Crippen LogP contribution in [0.1, 0.15) is 126 Å². The highest BCUT2D eigenvalue weighted by Crippen LogP contribution is 2.14. The average Bonchev–Trinajstić information content (AvgIpc) is 2.81. The maximum Gasteiger partial charge on any atom is 0.338 e. The van der Waals surface area contributed by atoms with E-state index in [1.54, 1.807) is 24.3 Å². The Hall–Kier alpha value is -1.84. The molecule has 0 spiro atoms. The van der Waals surface area contributed by atoms with Crippen molar-refractivity contribution in [2.24, 2.45) is 0 Å². The molecule has 0 atom stereocenters. The number of esters is 2. The van der Waals surface area contributed by atoms with Crippen molar-refractivity contribution in [2.75, 3.05) is 13.2 Å². The quantitative estimate of drug-likeness (QED) is 0.142. The van der Waals surface area contributed by atoms with Crippen molar-refractivity contribution in [3.8, 4) is 0 Å². The number of hydrogen-bond donors (Lipinski definition) is 0.